The van der Waals surface area contributed by atoms with Gasteiger partial charge in [-0.15, -0.1) is 0 Å². The van der Waals surface area contributed by atoms with Gasteiger partial charge in [0, 0.05) is 6.04 Å². The van der Waals surface area contributed by atoms with Gasteiger partial charge in [0.2, 0.25) is 0 Å². The Morgan fingerprint density at radius 1 is 0.867 bits per heavy atom. The molecule has 1 fully saturated rings. The topological polar surface area (TPSA) is 3.24 Å². The van der Waals surface area contributed by atoms with Crippen molar-refractivity contribution in [3.8, 4) is 0 Å². The molecule has 1 saturated heterocycles. The van der Waals surface area contributed by atoms with Crippen LogP contribution in [0.3, 0.4) is 0 Å². The average Bonchev–Trinajstić information content (AvgIpc) is 2.76. The lowest BCUT2D eigenvalue weighted by molar-refractivity contribution is 0.211. The summed E-state index contributed by atoms with van der Waals surface area (Å²) in [5, 5.41) is 0. The number of hydrogen-bond donors (Lipinski definition) is 0. The molecule has 0 N–H and O–H groups in total. The highest BCUT2D eigenvalue weighted by molar-refractivity contribution is 4.76. The maximum absolute atomic E-state index is 2.76. The molecule has 15 heavy (non-hydrogen) atoms. The van der Waals surface area contributed by atoms with Crippen LogP contribution in [-0.4, -0.2) is 24.0 Å². The van der Waals surface area contributed by atoms with E-state index in [-0.39, 0.29) is 0 Å². The number of hydrogen-bond acceptors (Lipinski definition) is 1. The Balaban J connectivity index is 2.23. The van der Waals surface area contributed by atoms with Crippen molar-refractivity contribution in [3.63, 3.8) is 0 Å². The van der Waals surface area contributed by atoms with Gasteiger partial charge in [-0.1, -0.05) is 46.0 Å². The second kappa shape index (κ2) is 8.15. The lowest BCUT2D eigenvalue weighted by Crippen LogP contribution is -2.32. The lowest BCUT2D eigenvalue weighted by atomic mass is 10.0. The number of unbranched alkanes of at least 4 members (excludes halogenated alkanes) is 3. The van der Waals surface area contributed by atoms with E-state index < -0.39 is 0 Å². The first-order valence-corrected chi connectivity index (χ1v) is 7.12. The third-order valence-electron chi connectivity index (χ3n) is 3.69. The Morgan fingerprint density at radius 3 is 2.07 bits per heavy atom. The fourth-order valence-electron chi connectivity index (χ4n) is 2.69. The van der Waals surface area contributed by atoms with Gasteiger partial charge >= 0.3 is 0 Å². The zero-order chi connectivity index (χ0) is 10.9. The van der Waals surface area contributed by atoms with Gasteiger partial charge < -0.3 is 4.90 Å². The van der Waals surface area contributed by atoms with E-state index in [1.807, 2.05) is 0 Å². The molecule has 0 aromatic rings. The van der Waals surface area contributed by atoms with E-state index >= 15 is 0 Å². The minimum Gasteiger partial charge on any atom is -0.300 e. The predicted octanol–water partition coefficient (Wildman–Crippen LogP) is 4.22. The molecular weight excluding hydrogens is 182 g/mol. The zero-order valence-electron chi connectivity index (χ0n) is 10.8. The van der Waals surface area contributed by atoms with E-state index in [1.54, 1.807) is 0 Å². The molecule has 1 aliphatic heterocycles. The van der Waals surface area contributed by atoms with Crippen LogP contribution in [0.15, 0.2) is 0 Å². The van der Waals surface area contributed by atoms with Gasteiger partial charge in [-0.3, -0.25) is 0 Å². The fraction of sp³-hybridized carbons (Fsp3) is 1.00. The largest absolute Gasteiger partial charge is 0.300 e. The third kappa shape index (κ3) is 5.01. The standard InChI is InChI=1S/C14H29N/c1-3-5-7-11-14(10-6-4-2)15-12-8-9-13-15/h14H,3-13H2,1-2H3. The van der Waals surface area contributed by atoms with Gasteiger partial charge in [-0.25, -0.2) is 0 Å². The summed E-state index contributed by atoms with van der Waals surface area (Å²) >= 11 is 0. The van der Waals surface area contributed by atoms with Gasteiger partial charge in [-0.2, -0.15) is 0 Å². The van der Waals surface area contributed by atoms with E-state index in [1.165, 1.54) is 70.9 Å². The van der Waals surface area contributed by atoms with Crippen molar-refractivity contribution in [2.45, 2.75) is 77.7 Å². The minimum absolute atomic E-state index is 0.916. The monoisotopic (exact) mass is 211 g/mol. The summed E-state index contributed by atoms with van der Waals surface area (Å²) in [5.74, 6) is 0. The van der Waals surface area contributed by atoms with Gasteiger partial charge in [0.25, 0.3) is 0 Å². The predicted molar refractivity (Wildman–Crippen MR) is 68.3 cm³/mol. The van der Waals surface area contributed by atoms with Gasteiger partial charge in [0.1, 0.15) is 0 Å². The summed E-state index contributed by atoms with van der Waals surface area (Å²) in [4.78, 5) is 2.76. The SMILES string of the molecule is CCCCCC(CCCC)N1CCCC1. The van der Waals surface area contributed by atoms with Gasteiger partial charge in [0.15, 0.2) is 0 Å². The molecule has 0 bridgehead atoms. The summed E-state index contributed by atoms with van der Waals surface area (Å²) in [7, 11) is 0. The molecule has 1 unspecified atom stereocenters. The van der Waals surface area contributed by atoms with E-state index in [2.05, 4.69) is 18.7 Å². The molecule has 0 amide bonds. The van der Waals surface area contributed by atoms with Crippen LogP contribution in [0.2, 0.25) is 0 Å². The van der Waals surface area contributed by atoms with Crippen molar-refractivity contribution >= 4 is 0 Å². The molecular formula is C14H29N. The molecule has 90 valence electrons. The smallest absolute Gasteiger partial charge is 0.00952 e. The molecule has 0 spiro atoms. The Hall–Kier alpha value is -0.0400. The van der Waals surface area contributed by atoms with Crippen molar-refractivity contribution < 1.29 is 0 Å². The van der Waals surface area contributed by atoms with Crippen LogP contribution in [-0.2, 0) is 0 Å². The van der Waals surface area contributed by atoms with Crippen molar-refractivity contribution in [1.82, 2.24) is 4.90 Å². The van der Waals surface area contributed by atoms with E-state index in [9.17, 15) is 0 Å². The summed E-state index contributed by atoms with van der Waals surface area (Å²) in [6.07, 6.45) is 12.8. The van der Waals surface area contributed by atoms with Crippen LogP contribution in [0.1, 0.15) is 71.6 Å². The molecule has 1 rings (SSSR count). The van der Waals surface area contributed by atoms with Crippen LogP contribution in [0.4, 0.5) is 0 Å². The maximum atomic E-state index is 2.76. The van der Waals surface area contributed by atoms with E-state index in [0.29, 0.717) is 0 Å². The summed E-state index contributed by atoms with van der Waals surface area (Å²) in [6, 6.07) is 0.916. The molecule has 0 saturated carbocycles. The van der Waals surface area contributed by atoms with Crippen molar-refractivity contribution in [1.29, 1.82) is 0 Å². The second-order valence-corrected chi connectivity index (χ2v) is 5.03. The van der Waals surface area contributed by atoms with Gasteiger partial charge in [-0.05, 0) is 38.8 Å². The first-order valence-electron chi connectivity index (χ1n) is 7.12. The van der Waals surface area contributed by atoms with Crippen molar-refractivity contribution in [2.24, 2.45) is 0 Å². The highest BCUT2D eigenvalue weighted by Gasteiger charge is 2.20. The molecule has 1 heteroatoms. The van der Waals surface area contributed by atoms with Crippen molar-refractivity contribution in [2.75, 3.05) is 13.1 Å². The molecule has 0 aromatic carbocycles. The molecule has 0 aliphatic carbocycles. The molecule has 1 aliphatic rings. The number of rotatable bonds is 8. The Kier molecular flexibility index (Phi) is 7.08. The maximum Gasteiger partial charge on any atom is 0.00952 e. The minimum atomic E-state index is 0.916. The van der Waals surface area contributed by atoms with Crippen molar-refractivity contribution in [3.05, 3.63) is 0 Å². The first kappa shape index (κ1) is 13.0. The van der Waals surface area contributed by atoms with Crippen LogP contribution in [0, 0.1) is 0 Å². The number of likely N-dealkylation sites (tertiary alicyclic amines) is 1. The van der Waals surface area contributed by atoms with Crippen LogP contribution < -0.4 is 0 Å². The quantitative estimate of drug-likeness (QED) is 0.543. The van der Waals surface area contributed by atoms with Crippen LogP contribution in [0.5, 0.6) is 0 Å². The zero-order valence-corrected chi connectivity index (χ0v) is 10.8. The highest BCUT2D eigenvalue weighted by atomic mass is 15.2. The number of nitrogens with zero attached hydrogens (tertiary/aromatic N) is 1. The Bertz CT molecular complexity index is 138. The fourth-order valence-corrected chi connectivity index (χ4v) is 2.69. The second-order valence-electron chi connectivity index (χ2n) is 5.03. The first-order chi connectivity index (χ1) is 7.38. The molecule has 1 heterocycles. The summed E-state index contributed by atoms with van der Waals surface area (Å²) < 4.78 is 0. The molecule has 0 radical (unpaired) electrons. The Morgan fingerprint density at radius 2 is 1.47 bits per heavy atom. The summed E-state index contributed by atoms with van der Waals surface area (Å²) in [5.41, 5.74) is 0. The third-order valence-corrected chi connectivity index (χ3v) is 3.69. The Labute approximate surface area is 96.2 Å². The lowest BCUT2D eigenvalue weighted by Gasteiger charge is -2.27. The van der Waals surface area contributed by atoms with E-state index in [0.717, 1.165) is 6.04 Å². The van der Waals surface area contributed by atoms with Crippen LogP contribution >= 0.6 is 0 Å². The molecule has 1 atom stereocenters. The summed E-state index contributed by atoms with van der Waals surface area (Å²) in [6.45, 7) is 7.37. The van der Waals surface area contributed by atoms with Crippen LogP contribution in [0.25, 0.3) is 0 Å². The highest BCUT2D eigenvalue weighted by Crippen LogP contribution is 2.20. The average molecular weight is 211 g/mol. The van der Waals surface area contributed by atoms with Gasteiger partial charge in [0.05, 0.1) is 0 Å². The molecule has 1 nitrogen and oxygen atoms in total. The van der Waals surface area contributed by atoms with E-state index in [4.69, 9.17) is 0 Å². The molecule has 0 aromatic heterocycles. The normalized spacial score (nSPS) is 19.6.